The van der Waals surface area contributed by atoms with E-state index in [4.69, 9.17) is 9.54 Å². The summed E-state index contributed by atoms with van der Waals surface area (Å²) in [5.41, 5.74) is 4.92. The summed E-state index contributed by atoms with van der Waals surface area (Å²) in [4.78, 5) is 4.74. The van der Waals surface area contributed by atoms with E-state index in [1.807, 2.05) is 60.7 Å². The van der Waals surface area contributed by atoms with Crippen molar-refractivity contribution in [3.63, 3.8) is 0 Å². The van der Waals surface area contributed by atoms with E-state index >= 15 is 0 Å². The second-order valence-electron chi connectivity index (χ2n) is 7.29. The summed E-state index contributed by atoms with van der Waals surface area (Å²) in [6, 6.07) is 21.4. The van der Waals surface area contributed by atoms with Crippen LogP contribution in [0.25, 0.3) is 21.8 Å². The fourth-order valence-electron chi connectivity index (χ4n) is 3.56. The first-order valence-corrected chi connectivity index (χ1v) is 11.5. The molecule has 0 atom stereocenters. The van der Waals surface area contributed by atoms with E-state index in [2.05, 4.69) is 10.6 Å². The summed E-state index contributed by atoms with van der Waals surface area (Å²) < 4.78 is 30.7. The first kappa shape index (κ1) is 24.4. The van der Waals surface area contributed by atoms with E-state index in [0.29, 0.717) is 12.1 Å². The number of hydrogen-bond acceptors (Lipinski definition) is 6. The molecule has 4 rings (SSSR count). The van der Waals surface area contributed by atoms with Gasteiger partial charge in [0.2, 0.25) is 0 Å². The van der Waals surface area contributed by atoms with Gasteiger partial charge in [-0.3, -0.25) is 4.55 Å². The number of benzene rings is 3. The van der Waals surface area contributed by atoms with Gasteiger partial charge in [0.25, 0.3) is 10.1 Å². The van der Waals surface area contributed by atoms with Crippen LogP contribution in [0.5, 0.6) is 0 Å². The van der Waals surface area contributed by atoms with E-state index in [-0.39, 0.29) is 48.3 Å². The molecule has 0 saturated carbocycles. The van der Waals surface area contributed by atoms with Gasteiger partial charge < -0.3 is 15.7 Å². The van der Waals surface area contributed by atoms with Gasteiger partial charge in [0.05, 0.1) is 29.1 Å². The molecule has 1 heterocycles. The van der Waals surface area contributed by atoms with Crippen LogP contribution in [-0.4, -0.2) is 64.9 Å². The molecule has 0 radical (unpaired) electrons. The zero-order valence-electron chi connectivity index (χ0n) is 16.7. The summed E-state index contributed by atoms with van der Waals surface area (Å²) in [7, 11) is -3.98. The van der Waals surface area contributed by atoms with E-state index < -0.39 is 10.1 Å². The minimum absolute atomic E-state index is 0. The Morgan fingerprint density at radius 2 is 1.47 bits per heavy atom. The van der Waals surface area contributed by atoms with Crippen molar-refractivity contribution in [2.24, 2.45) is 0 Å². The Morgan fingerprint density at radius 1 is 0.875 bits per heavy atom. The van der Waals surface area contributed by atoms with Gasteiger partial charge in [-0.1, -0.05) is 36.4 Å². The van der Waals surface area contributed by atoms with Crippen molar-refractivity contribution >= 4 is 78.5 Å². The molecular formula is C23H24N3NaO4S. The van der Waals surface area contributed by atoms with Crippen LogP contribution in [0.4, 0.5) is 17.1 Å². The number of rotatable bonds is 8. The van der Waals surface area contributed by atoms with Crippen LogP contribution in [-0.2, 0) is 16.7 Å². The molecule has 1 aromatic heterocycles. The van der Waals surface area contributed by atoms with Gasteiger partial charge in [-0.15, -0.1) is 0 Å². The quantitative estimate of drug-likeness (QED) is 0.137. The average molecular weight is 462 g/mol. The Kier molecular flexibility index (Phi) is 8.10. The molecule has 0 fully saturated rings. The molecule has 0 spiro atoms. The van der Waals surface area contributed by atoms with Gasteiger partial charge in [-0.05, 0) is 42.3 Å². The first-order valence-electron chi connectivity index (χ1n) is 9.91. The van der Waals surface area contributed by atoms with E-state index in [1.54, 1.807) is 6.07 Å². The molecule has 0 aliphatic rings. The Labute approximate surface area is 208 Å². The third-order valence-electron chi connectivity index (χ3n) is 4.94. The van der Waals surface area contributed by atoms with Crippen molar-refractivity contribution < 1.29 is 18.1 Å². The molecule has 0 unspecified atom stereocenters. The summed E-state index contributed by atoms with van der Waals surface area (Å²) in [6.07, 6.45) is 0.268. The van der Waals surface area contributed by atoms with Crippen molar-refractivity contribution in [3.05, 3.63) is 72.3 Å². The fourth-order valence-corrected chi connectivity index (χ4v) is 4.07. The predicted octanol–water partition coefficient (Wildman–Crippen LogP) is 3.67. The second kappa shape index (κ2) is 10.6. The molecular weight excluding hydrogens is 437 g/mol. The number of aromatic nitrogens is 1. The Bertz CT molecular complexity index is 1290. The van der Waals surface area contributed by atoms with Crippen LogP contribution in [0.3, 0.4) is 0 Å². The monoisotopic (exact) mass is 461 g/mol. The average Bonchev–Trinajstić information content (AvgIpc) is 2.76. The van der Waals surface area contributed by atoms with Crippen LogP contribution >= 0.6 is 0 Å². The molecule has 4 N–H and O–H groups in total. The summed E-state index contributed by atoms with van der Waals surface area (Å²) in [5.74, 6) is -0.306. The Morgan fingerprint density at radius 3 is 2.06 bits per heavy atom. The van der Waals surface area contributed by atoms with Crippen molar-refractivity contribution in [2.75, 3.05) is 22.9 Å². The number of para-hydroxylation sites is 2. The predicted molar refractivity (Wildman–Crippen MR) is 132 cm³/mol. The number of nitrogens with zero attached hydrogens (tertiary/aromatic N) is 1. The molecule has 162 valence electrons. The molecule has 3 aromatic carbocycles. The number of pyridine rings is 1. The van der Waals surface area contributed by atoms with Crippen LogP contribution in [0.15, 0.2) is 66.7 Å². The molecule has 4 aromatic rings. The molecule has 32 heavy (non-hydrogen) atoms. The van der Waals surface area contributed by atoms with Gasteiger partial charge in [0.15, 0.2) is 0 Å². The van der Waals surface area contributed by atoms with Crippen LogP contribution in [0, 0.1) is 0 Å². The van der Waals surface area contributed by atoms with Crippen molar-refractivity contribution in [1.29, 1.82) is 0 Å². The van der Waals surface area contributed by atoms with Crippen LogP contribution in [0.2, 0.25) is 0 Å². The number of anilines is 3. The molecule has 0 saturated heterocycles. The maximum absolute atomic E-state index is 10.9. The summed E-state index contributed by atoms with van der Waals surface area (Å²) in [5, 5.41) is 18.3. The maximum atomic E-state index is 10.9. The topological polar surface area (TPSA) is 112 Å². The molecule has 0 bridgehead atoms. The second-order valence-corrected chi connectivity index (χ2v) is 8.86. The minimum atomic E-state index is -3.98. The normalized spacial score (nSPS) is 11.3. The van der Waals surface area contributed by atoms with Crippen molar-refractivity contribution in [3.8, 4) is 0 Å². The molecule has 0 amide bonds. The van der Waals surface area contributed by atoms with E-state index in [1.165, 1.54) is 0 Å². The van der Waals surface area contributed by atoms with Gasteiger partial charge in [-0.2, -0.15) is 8.42 Å². The number of aliphatic hydroxyl groups excluding tert-OH is 1. The SMILES string of the molecule is O=S(=O)(O)CCCNc1cc(CO)cc(Nc2c3ccccc3nc3ccccc23)c1.[NaH]. The van der Waals surface area contributed by atoms with E-state index in [0.717, 1.165) is 38.9 Å². The zero-order chi connectivity index (χ0) is 21.8. The fraction of sp³-hybridized carbons (Fsp3) is 0.174. The third-order valence-corrected chi connectivity index (χ3v) is 5.75. The first-order chi connectivity index (χ1) is 14.9. The summed E-state index contributed by atoms with van der Waals surface area (Å²) >= 11 is 0. The van der Waals surface area contributed by atoms with Crippen molar-refractivity contribution in [1.82, 2.24) is 4.98 Å². The van der Waals surface area contributed by atoms with Gasteiger partial charge in [0.1, 0.15) is 0 Å². The molecule has 0 aliphatic heterocycles. The van der Waals surface area contributed by atoms with E-state index in [9.17, 15) is 13.5 Å². The molecule has 7 nitrogen and oxygen atoms in total. The molecule has 0 aliphatic carbocycles. The van der Waals surface area contributed by atoms with Gasteiger partial charge in [0, 0.05) is 28.7 Å². The van der Waals surface area contributed by atoms with Gasteiger partial charge in [-0.25, -0.2) is 4.98 Å². The third kappa shape index (κ3) is 5.98. The number of hydrogen-bond donors (Lipinski definition) is 4. The molecule has 9 heteroatoms. The number of nitrogens with one attached hydrogen (secondary N) is 2. The van der Waals surface area contributed by atoms with Crippen LogP contribution in [0.1, 0.15) is 12.0 Å². The Balaban J connectivity index is 0.00000289. The number of aliphatic hydroxyl groups is 1. The van der Waals surface area contributed by atoms with Crippen molar-refractivity contribution in [2.45, 2.75) is 13.0 Å². The zero-order valence-corrected chi connectivity index (χ0v) is 17.6. The van der Waals surface area contributed by atoms with Gasteiger partial charge >= 0.3 is 29.6 Å². The van der Waals surface area contributed by atoms with Crippen LogP contribution < -0.4 is 10.6 Å². The standard InChI is InChI=1S/C23H23N3O4S.Na.H/c27-15-16-12-17(24-10-5-11-31(28,29)30)14-18(13-16)25-23-19-6-1-3-8-21(19)26-22-9-4-2-7-20(22)23;;/h1-4,6-9,12-14,24,27H,5,10-11,15H2,(H,25,26)(H,28,29,30);;. The Hall–Kier alpha value is -2.20. The summed E-state index contributed by atoms with van der Waals surface area (Å²) in [6.45, 7) is 0.238. The number of fused-ring (bicyclic) bond motifs is 2.